The molecular weight excluding hydrogens is 404 g/mol. The molecule has 2 atom stereocenters. The first kappa shape index (κ1) is 21.7. The van der Waals surface area contributed by atoms with Gasteiger partial charge < -0.3 is 20.1 Å². The Labute approximate surface area is 179 Å². The number of fused-ring (bicyclic) bond motifs is 1. The van der Waals surface area contributed by atoms with Crippen LogP contribution in [0.25, 0.3) is 0 Å². The van der Waals surface area contributed by atoms with Gasteiger partial charge in [0.2, 0.25) is 11.8 Å². The highest BCUT2D eigenvalue weighted by atomic mass is 32.2. The molecule has 0 saturated heterocycles. The predicted octanol–water partition coefficient (Wildman–Crippen LogP) is 3.31. The number of nitrogens with one attached hydrogen (secondary N) is 2. The number of ether oxygens (including phenoxy) is 2. The molecule has 2 unspecified atom stereocenters. The van der Waals surface area contributed by atoms with Crippen molar-refractivity contribution in [3.63, 3.8) is 0 Å². The molecule has 2 aromatic carbocycles. The number of rotatable bonds is 8. The van der Waals surface area contributed by atoms with Crippen LogP contribution in [0, 0.1) is 0 Å². The van der Waals surface area contributed by atoms with E-state index in [2.05, 4.69) is 10.6 Å². The van der Waals surface area contributed by atoms with E-state index >= 15 is 0 Å². The molecule has 158 valence electrons. The SMILES string of the molecule is CCOC(=O)CC(NC(=O)CC1Sc2ccccc2NC1=O)c1cccc(OC)c1. The Balaban J connectivity index is 1.71. The Morgan fingerprint density at radius 2 is 2.00 bits per heavy atom. The number of hydrogen-bond acceptors (Lipinski definition) is 6. The summed E-state index contributed by atoms with van der Waals surface area (Å²) in [6.45, 7) is 1.99. The summed E-state index contributed by atoms with van der Waals surface area (Å²) in [5, 5.41) is 5.16. The van der Waals surface area contributed by atoms with Crippen LogP contribution in [-0.4, -0.2) is 36.8 Å². The summed E-state index contributed by atoms with van der Waals surface area (Å²) in [7, 11) is 1.55. The van der Waals surface area contributed by atoms with Gasteiger partial charge in [0, 0.05) is 11.3 Å². The molecule has 0 radical (unpaired) electrons. The van der Waals surface area contributed by atoms with Gasteiger partial charge in [-0.3, -0.25) is 14.4 Å². The second-order valence-corrected chi connectivity index (χ2v) is 7.95. The fourth-order valence-electron chi connectivity index (χ4n) is 3.15. The highest BCUT2D eigenvalue weighted by Crippen LogP contribution is 2.36. The summed E-state index contributed by atoms with van der Waals surface area (Å²) in [5.41, 5.74) is 1.47. The van der Waals surface area contributed by atoms with Gasteiger partial charge in [-0.15, -0.1) is 11.8 Å². The van der Waals surface area contributed by atoms with Crippen LogP contribution in [0.15, 0.2) is 53.4 Å². The zero-order chi connectivity index (χ0) is 21.5. The monoisotopic (exact) mass is 428 g/mol. The third-order valence-electron chi connectivity index (χ3n) is 4.58. The molecule has 1 heterocycles. The standard InChI is InChI=1S/C22H24N2O5S/c1-3-29-21(26)12-17(14-7-6-8-15(11-14)28-2)23-20(25)13-19-22(27)24-16-9-4-5-10-18(16)30-19/h4-11,17,19H,3,12-13H2,1-2H3,(H,23,25)(H,24,27). The first-order valence-corrected chi connectivity index (χ1v) is 10.5. The van der Waals surface area contributed by atoms with Crippen LogP contribution in [0.2, 0.25) is 0 Å². The number of methoxy groups -OCH3 is 1. The zero-order valence-electron chi connectivity index (χ0n) is 16.8. The van der Waals surface area contributed by atoms with Gasteiger partial charge in [0.05, 0.1) is 37.1 Å². The molecule has 0 aromatic heterocycles. The second kappa shape index (κ2) is 10.2. The van der Waals surface area contributed by atoms with E-state index in [1.54, 1.807) is 32.2 Å². The minimum Gasteiger partial charge on any atom is -0.497 e. The number of carbonyl (C=O) groups excluding carboxylic acids is 3. The van der Waals surface area contributed by atoms with Gasteiger partial charge in [0.15, 0.2) is 0 Å². The first-order chi connectivity index (χ1) is 14.5. The van der Waals surface area contributed by atoms with E-state index in [-0.39, 0.29) is 31.3 Å². The molecule has 3 rings (SSSR count). The van der Waals surface area contributed by atoms with E-state index in [0.29, 0.717) is 5.75 Å². The Bertz CT molecular complexity index is 933. The van der Waals surface area contributed by atoms with Crippen molar-refractivity contribution in [1.82, 2.24) is 5.32 Å². The van der Waals surface area contributed by atoms with Crippen LogP contribution in [0.1, 0.15) is 31.4 Å². The second-order valence-electron chi connectivity index (χ2n) is 6.70. The maximum Gasteiger partial charge on any atom is 0.308 e. The molecular formula is C22H24N2O5S. The largest absolute Gasteiger partial charge is 0.497 e. The maximum atomic E-state index is 12.8. The highest BCUT2D eigenvalue weighted by Gasteiger charge is 2.30. The van der Waals surface area contributed by atoms with E-state index < -0.39 is 17.3 Å². The summed E-state index contributed by atoms with van der Waals surface area (Å²) < 4.78 is 10.3. The van der Waals surface area contributed by atoms with Gasteiger partial charge in [0.1, 0.15) is 5.75 Å². The number of hydrogen-bond donors (Lipinski definition) is 2. The van der Waals surface area contributed by atoms with Crippen molar-refractivity contribution in [1.29, 1.82) is 0 Å². The van der Waals surface area contributed by atoms with E-state index in [1.165, 1.54) is 11.8 Å². The molecule has 0 spiro atoms. The van der Waals surface area contributed by atoms with E-state index in [0.717, 1.165) is 16.1 Å². The average Bonchev–Trinajstić information content (AvgIpc) is 2.74. The van der Waals surface area contributed by atoms with Crippen LogP contribution in [-0.2, 0) is 19.1 Å². The molecule has 2 N–H and O–H groups in total. The fourth-order valence-corrected chi connectivity index (χ4v) is 4.26. The summed E-state index contributed by atoms with van der Waals surface area (Å²) in [6.07, 6.45) is -0.0201. The van der Waals surface area contributed by atoms with Crippen LogP contribution in [0.5, 0.6) is 5.75 Å². The minimum absolute atomic E-state index is 0.00583. The van der Waals surface area contributed by atoms with Gasteiger partial charge in [-0.1, -0.05) is 24.3 Å². The third-order valence-corrected chi connectivity index (χ3v) is 5.86. The molecule has 2 aromatic rings. The number of para-hydroxylation sites is 1. The van der Waals surface area contributed by atoms with E-state index in [1.807, 2.05) is 30.3 Å². The molecule has 7 nitrogen and oxygen atoms in total. The van der Waals surface area contributed by atoms with Crippen LogP contribution >= 0.6 is 11.8 Å². The van der Waals surface area contributed by atoms with E-state index in [4.69, 9.17) is 9.47 Å². The first-order valence-electron chi connectivity index (χ1n) is 9.65. The van der Waals surface area contributed by atoms with Gasteiger partial charge in [0.25, 0.3) is 0 Å². The highest BCUT2D eigenvalue weighted by molar-refractivity contribution is 8.01. The number of carbonyl (C=O) groups is 3. The fraction of sp³-hybridized carbons (Fsp3) is 0.318. The Morgan fingerprint density at radius 1 is 1.20 bits per heavy atom. The number of amides is 2. The van der Waals surface area contributed by atoms with Gasteiger partial charge >= 0.3 is 5.97 Å². The summed E-state index contributed by atoms with van der Waals surface area (Å²) in [5.74, 6) is -0.324. The van der Waals surface area contributed by atoms with Crippen molar-refractivity contribution in [2.24, 2.45) is 0 Å². The van der Waals surface area contributed by atoms with Crippen LogP contribution < -0.4 is 15.4 Å². The lowest BCUT2D eigenvalue weighted by atomic mass is 10.0. The van der Waals surface area contributed by atoms with Crippen molar-refractivity contribution in [3.8, 4) is 5.75 Å². The number of benzene rings is 2. The van der Waals surface area contributed by atoms with Crippen molar-refractivity contribution in [3.05, 3.63) is 54.1 Å². The van der Waals surface area contributed by atoms with Gasteiger partial charge in [-0.05, 0) is 36.8 Å². The van der Waals surface area contributed by atoms with Crippen molar-refractivity contribution in [2.45, 2.75) is 36.0 Å². The average molecular weight is 429 g/mol. The molecule has 0 bridgehead atoms. The lowest BCUT2D eigenvalue weighted by Gasteiger charge is -2.25. The smallest absolute Gasteiger partial charge is 0.308 e. The normalized spacial score (nSPS) is 16.1. The van der Waals surface area contributed by atoms with Gasteiger partial charge in [-0.25, -0.2) is 0 Å². The van der Waals surface area contributed by atoms with Crippen molar-refractivity contribution in [2.75, 3.05) is 19.0 Å². The van der Waals surface area contributed by atoms with Gasteiger partial charge in [-0.2, -0.15) is 0 Å². The molecule has 0 saturated carbocycles. The summed E-state index contributed by atoms with van der Waals surface area (Å²) in [4.78, 5) is 38.1. The molecule has 0 aliphatic carbocycles. The quantitative estimate of drug-likeness (QED) is 0.627. The Kier molecular flexibility index (Phi) is 7.35. The molecule has 30 heavy (non-hydrogen) atoms. The Morgan fingerprint density at radius 3 is 2.77 bits per heavy atom. The molecule has 2 amide bonds. The number of thioether (sulfide) groups is 1. The van der Waals surface area contributed by atoms with Crippen LogP contribution in [0.4, 0.5) is 5.69 Å². The molecule has 8 heteroatoms. The molecule has 0 fully saturated rings. The summed E-state index contributed by atoms with van der Waals surface area (Å²) in [6, 6.07) is 14.0. The number of anilines is 1. The molecule has 1 aliphatic rings. The number of esters is 1. The maximum absolute atomic E-state index is 12.8. The predicted molar refractivity (Wildman–Crippen MR) is 114 cm³/mol. The lowest BCUT2D eigenvalue weighted by Crippen LogP contribution is -2.37. The zero-order valence-corrected chi connectivity index (χ0v) is 17.7. The van der Waals surface area contributed by atoms with E-state index in [9.17, 15) is 14.4 Å². The van der Waals surface area contributed by atoms with Crippen LogP contribution in [0.3, 0.4) is 0 Å². The van der Waals surface area contributed by atoms with Crippen molar-refractivity contribution >= 4 is 35.2 Å². The Hall–Kier alpha value is -3.00. The lowest BCUT2D eigenvalue weighted by molar-refractivity contribution is -0.143. The summed E-state index contributed by atoms with van der Waals surface area (Å²) >= 11 is 1.36. The minimum atomic E-state index is -0.587. The topological polar surface area (TPSA) is 93.7 Å². The third kappa shape index (κ3) is 5.54. The molecule has 1 aliphatic heterocycles. The van der Waals surface area contributed by atoms with Crippen molar-refractivity contribution < 1.29 is 23.9 Å².